The number of nitrogens with zero attached hydrogens (tertiary/aromatic N) is 1. The molecule has 0 saturated carbocycles. The average Bonchev–Trinajstić information content (AvgIpc) is 2.56. The minimum atomic E-state index is 0.474. The van der Waals surface area contributed by atoms with Crippen LogP contribution >= 0.6 is 0 Å². The van der Waals surface area contributed by atoms with Crippen LogP contribution in [0.5, 0.6) is 5.75 Å². The van der Waals surface area contributed by atoms with Crippen LogP contribution in [-0.2, 0) is 6.61 Å². The van der Waals surface area contributed by atoms with Gasteiger partial charge in [-0.3, -0.25) is 4.98 Å². The standard InChI is InChI=1S/C20H20N2O/c1-14-6-5-7-18(21)17(14)13-23-20-10-9-16(12-15(20)2)19-8-3-4-11-22-19/h3-12H,13,21H2,1-2H3. The number of nitrogen functional groups attached to an aromatic ring is 1. The molecule has 3 rings (SSSR count). The molecule has 0 spiro atoms. The molecule has 2 N–H and O–H groups in total. The van der Waals surface area contributed by atoms with E-state index in [1.807, 2.05) is 62.4 Å². The maximum atomic E-state index is 6.04. The molecule has 116 valence electrons. The zero-order valence-corrected chi connectivity index (χ0v) is 13.4. The van der Waals surface area contributed by atoms with E-state index in [-0.39, 0.29) is 0 Å². The van der Waals surface area contributed by atoms with E-state index < -0.39 is 0 Å². The first kappa shape index (κ1) is 15.1. The summed E-state index contributed by atoms with van der Waals surface area (Å²) in [5.74, 6) is 0.868. The van der Waals surface area contributed by atoms with Gasteiger partial charge >= 0.3 is 0 Å². The Kier molecular flexibility index (Phi) is 4.29. The fourth-order valence-corrected chi connectivity index (χ4v) is 2.58. The number of ether oxygens (including phenoxy) is 1. The van der Waals surface area contributed by atoms with E-state index in [0.717, 1.165) is 39.4 Å². The summed E-state index contributed by atoms with van der Waals surface area (Å²) in [6.45, 7) is 4.57. The summed E-state index contributed by atoms with van der Waals surface area (Å²) in [6.07, 6.45) is 1.80. The van der Waals surface area contributed by atoms with Crippen LogP contribution in [0.25, 0.3) is 11.3 Å². The predicted molar refractivity (Wildman–Crippen MR) is 94.3 cm³/mol. The van der Waals surface area contributed by atoms with E-state index in [4.69, 9.17) is 10.5 Å². The van der Waals surface area contributed by atoms with E-state index in [2.05, 4.69) is 11.1 Å². The van der Waals surface area contributed by atoms with Crippen LogP contribution < -0.4 is 10.5 Å². The molecule has 0 unspecified atom stereocenters. The van der Waals surface area contributed by atoms with E-state index >= 15 is 0 Å². The minimum Gasteiger partial charge on any atom is -0.489 e. The Morgan fingerprint density at radius 2 is 1.83 bits per heavy atom. The van der Waals surface area contributed by atoms with Crippen molar-refractivity contribution in [2.45, 2.75) is 20.5 Å². The Morgan fingerprint density at radius 1 is 0.957 bits per heavy atom. The van der Waals surface area contributed by atoms with Gasteiger partial charge in [0.05, 0.1) is 5.69 Å². The lowest BCUT2D eigenvalue weighted by Crippen LogP contribution is -2.03. The van der Waals surface area contributed by atoms with Gasteiger partial charge < -0.3 is 10.5 Å². The molecular weight excluding hydrogens is 284 g/mol. The van der Waals surface area contributed by atoms with Gasteiger partial charge in [-0.05, 0) is 61.4 Å². The number of anilines is 1. The predicted octanol–water partition coefficient (Wildman–Crippen LogP) is 4.53. The van der Waals surface area contributed by atoms with E-state index in [0.29, 0.717) is 6.61 Å². The van der Waals surface area contributed by atoms with Crippen molar-refractivity contribution in [1.82, 2.24) is 4.98 Å². The average molecular weight is 304 g/mol. The second-order valence-corrected chi connectivity index (χ2v) is 5.63. The van der Waals surface area contributed by atoms with Crippen molar-refractivity contribution in [2.24, 2.45) is 0 Å². The van der Waals surface area contributed by atoms with Crippen molar-refractivity contribution in [2.75, 3.05) is 5.73 Å². The fraction of sp³-hybridized carbons (Fsp3) is 0.150. The van der Waals surface area contributed by atoms with Gasteiger partial charge in [-0.1, -0.05) is 18.2 Å². The van der Waals surface area contributed by atoms with Crippen molar-refractivity contribution in [1.29, 1.82) is 0 Å². The number of aryl methyl sites for hydroxylation is 2. The lowest BCUT2D eigenvalue weighted by atomic mass is 10.1. The summed E-state index contributed by atoms with van der Waals surface area (Å²) in [6, 6.07) is 17.9. The molecule has 1 aromatic heterocycles. The van der Waals surface area contributed by atoms with Crippen LogP contribution in [0.1, 0.15) is 16.7 Å². The Morgan fingerprint density at radius 3 is 2.52 bits per heavy atom. The van der Waals surface area contributed by atoms with Gasteiger partial charge in [0.15, 0.2) is 0 Å². The maximum Gasteiger partial charge on any atom is 0.122 e. The second-order valence-electron chi connectivity index (χ2n) is 5.63. The first-order valence-corrected chi connectivity index (χ1v) is 7.64. The van der Waals surface area contributed by atoms with Gasteiger partial charge in [0.1, 0.15) is 12.4 Å². The van der Waals surface area contributed by atoms with Crippen molar-refractivity contribution in [3.05, 3.63) is 77.5 Å². The van der Waals surface area contributed by atoms with E-state index in [1.54, 1.807) is 6.20 Å². The second kappa shape index (κ2) is 6.53. The summed E-state index contributed by atoms with van der Waals surface area (Å²) in [4.78, 5) is 4.38. The molecule has 0 saturated heterocycles. The summed E-state index contributed by atoms with van der Waals surface area (Å²) in [5, 5.41) is 0. The molecule has 0 fully saturated rings. The molecule has 23 heavy (non-hydrogen) atoms. The van der Waals surface area contributed by atoms with Gasteiger partial charge in [-0.2, -0.15) is 0 Å². The van der Waals surface area contributed by atoms with Crippen molar-refractivity contribution in [3.8, 4) is 17.0 Å². The van der Waals surface area contributed by atoms with Crippen molar-refractivity contribution >= 4 is 5.69 Å². The number of hydrogen-bond acceptors (Lipinski definition) is 3. The molecule has 0 amide bonds. The third-order valence-corrected chi connectivity index (χ3v) is 3.95. The van der Waals surface area contributed by atoms with Gasteiger partial charge in [-0.25, -0.2) is 0 Å². The van der Waals surface area contributed by atoms with Crippen LogP contribution in [0, 0.1) is 13.8 Å². The molecule has 0 aliphatic heterocycles. The third-order valence-electron chi connectivity index (χ3n) is 3.95. The normalized spacial score (nSPS) is 10.5. The molecule has 3 nitrogen and oxygen atoms in total. The number of benzene rings is 2. The van der Waals surface area contributed by atoms with E-state index in [1.165, 1.54) is 0 Å². The number of hydrogen-bond donors (Lipinski definition) is 1. The first-order valence-electron chi connectivity index (χ1n) is 7.64. The molecule has 0 radical (unpaired) electrons. The number of nitrogens with two attached hydrogens (primary N) is 1. The molecule has 3 aromatic rings. The molecular formula is C20H20N2O. The van der Waals surface area contributed by atoms with Gasteiger partial charge in [0.25, 0.3) is 0 Å². The Balaban J connectivity index is 1.79. The molecule has 0 atom stereocenters. The lowest BCUT2D eigenvalue weighted by Gasteiger charge is -2.13. The van der Waals surface area contributed by atoms with Gasteiger partial charge in [0.2, 0.25) is 0 Å². The highest BCUT2D eigenvalue weighted by molar-refractivity contribution is 5.61. The summed E-state index contributed by atoms with van der Waals surface area (Å²) < 4.78 is 5.97. The number of aromatic nitrogens is 1. The molecule has 0 aliphatic rings. The first-order chi connectivity index (χ1) is 11.1. The minimum absolute atomic E-state index is 0.474. The van der Waals surface area contributed by atoms with Crippen LogP contribution in [0.2, 0.25) is 0 Å². The van der Waals surface area contributed by atoms with Crippen LogP contribution in [0.4, 0.5) is 5.69 Å². The van der Waals surface area contributed by atoms with Crippen LogP contribution in [-0.4, -0.2) is 4.98 Å². The SMILES string of the molecule is Cc1cc(-c2ccccn2)ccc1OCc1c(C)cccc1N. The summed E-state index contributed by atoms with van der Waals surface area (Å²) in [7, 11) is 0. The Labute approximate surface area is 136 Å². The zero-order valence-electron chi connectivity index (χ0n) is 13.4. The van der Waals surface area contributed by atoms with Crippen LogP contribution in [0.15, 0.2) is 60.8 Å². The van der Waals surface area contributed by atoms with Gasteiger partial charge in [0, 0.05) is 23.0 Å². The summed E-state index contributed by atoms with van der Waals surface area (Å²) >= 11 is 0. The highest BCUT2D eigenvalue weighted by Gasteiger charge is 2.07. The topological polar surface area (TPSA) is 48.1 Å². The van der Waals surface area contributed by atoms with Crippen LogP contribution in [0.3, 0.4) is 0 Å². The molecule has 0 bridgehead atoms. The lowest BCUT2D eigenvalue weighted by molar-refractivity contribution is 0.304. The largest absolute Gasteiger partial charge is 0.489 e. The van der Waals surface area contributed by atoms with Crippen molar-refractivity contribution < 1.29 is 4.74 Å². The highest BCUT2D eigenvalue weighted by Crippen LogP contribution is 2.26. The Hall–Kier alpha value is -2.81. The monoisotopic (exact) mass is 304 g/mol. The third kappa shape index (κ3) is 3.34. The van der Waals surface area contributed by atoms with E-state index in [9.17, 15) is 0 Å². The zero-order chi connectivity index (χ0) is 16.2. The highest BCUT2D eigenvalue weighted by atomic mass is 16.5. The van der Waals surface area contributed by atoms with Crippen molar-refractivity contribution in [3.63, 3.8) is 0 Å². The maximum absolute atomic E-state index is 6.04. The molecule has 0 aliphatic carbocycles. The number of rotatable bonds is 4. The fourth-order valence-electron chi connectivity index (χ4n) is 2.58. The number of pyridine rings is 1. The molecule has 1 heterocycles. The molecule has 3 heteroatoms. The Bertz CT molecular complexity index is 793. The smallest absolute Gasteiger partial charge is 0.122 e. The van der Waals surface area contributed by atoms with Gasteiger partial charge in [-0.15, -0.1) is 0 Å². The molecule has 2 aromatic carbocycles. The summed E-state index contributed by atoms with van der Waals surface area (Å²) in [5.41, 5.74) is 12.1. The quantitative estimate of drug-likeness (QED) is 0.721.